The number of thioether (sulfide) groups is 1. The van der Waals surface area contributed by atoms with E-state index in [2.05, 4.69) is 25.1 Å². The molecule has 43 heavy (non-hydrogen) atoms. The van der Waals surface area contributed by atoms with E-state index in [0.29, 0.717) is 29.6 Å². The van der Waals surface area contributed by atoms with Crippen LogP contribution in [0.2, 0.25) is 0 Å². The standard InChI is InChI=1S/C30H27F3N6O3S/c1-3-20-6-4-5-7-25(20)39-26(40)17-43-29(39)36-28(41)34-15-14-21-8-9-22(16-19(21)2)27-35-18-38(37-27)23-10-12-24(13-11-23)42-30(31,32)33/h4-13,16,18H,3,14-15,17H2,1-2H3,(H,34,41)/b36-29-. The number of carbonyl (C=O) groups is 2. The van der Waals surface area contributed by atoms with Gasteiger partial charge in [-0.25, -0.2) is 14.5 Å². The largest absolute Gasteiger partial charge is 0.573 e. The molecule has 4 aromatic rings. The van der Waals surface area contributed by atoms with E-state index >= 15 is 0 Å². The number of aliphatic imine (C=N–C) groups is 1. The number of carbonyl (C=O) groups excluding carboxylic acids is 2. The summed E-state index contributed by atoms with van der Waals surface area (Å²) in [5, 5.41) is 7.62. The predicted molar refractivity (Wildman–Crippen MR) is 159 cm³/mol. The second-order valence-electron chi connectivity index (χ2n) is 9.57. The highest BCUT2D eigenvalue weighted by Crippen LogP contribution is 2.30. The molecular formula is C30H27F3N6O3S. The summed E-state index contributed by atoms with van der Waals surface area (Å²) in [7, 11) is 0. The molecule has 9 nitrogen and oxygen atoms in total. The third-order valence-electron chi connectivity index (χ3n) is 6.67. The van der Waals surface area contributed by atoms with Crippen LogP contribution in [-0.2, 0) is 17.6 Å². The molecule has 0 spiro atoms. The van der Waals surface area contributed by atoms with E-state index in [9.17, 15) is 22.8 Å². The molecule has 2 heterocycles. The molecule has 1 aromatic heterocycles. The molecule has 0 unspecified atom stereocenters. The highest BCUT2D eigenvalue weighted by Gasteiger charge is 2.32. The molecule has 0 saturated carbocycles. The number of rotatable bonds is 8. The maximum Gasteiger partial charge on any atom is 0.573 e. The molecule has 13 heteroatoms. The van der Waals surface area contributed by atoms with Gasteiger partial charge in [0.1, 0.15) is 12.1 Å². The van der Waals surface area contributed by atoms with E-state index in [-0.39, 0.29) is 17.4 Å². The van der Waals surface area contributed by atoms with Crippen LogP contribution in [0.25, 0.3) is 17.1 Å². The fourth-order valence-electron chi connectivity index (χ4n) is 4.58. The van der Waals surface area contributed by atoms with E-state index < -0.39 is 12.4 Å². The minimum Gasteiger partial charge on any atom is -0.406 e. The minimum absolute atomic E-state index is 0.110. The van der Waals surface area contributed by atoms with Gasteiger partial charge in [0.2, 0.25) is 5.91 Å². The van der Waals surface area contributed by atoms with Gasteiger partial charge in [0.15, 0.2) is 11.0 Å². The van der Waals surface area contributed by atoms with Gasteiger partial charge in [-0.05, 0) is 72.9 Å². The lowest BCUT2D eigenvalue weighted by Crippen LogP contribution is -2.32. The Morgan fingerprint density at radius 3 is 2.58 bits per heavy atom. The van der Waals surface area contributed by atoms with Crippen molar-refractivity contribution < 1.29 is 27.5 Å². The van der Waals surface area contributed by atoms with E-state index in [0.717, 1.165) is 34.4 Å². The highest BCUT2D eigenvalue weighted by atomic mass is 32.2. The first-order chi connectivity index (χ1) is 20.6. The number of hydrogen-bond acceptors (Lipinski definition) is 6. The molecular weight excluding hydrogens is 581 g/mol. The first kappa shape index (κ1) is 29.8. The molecule has 0 bridgehead atoms. The molecule has 3 aromatic carbocycles. The number of urea groups is 1. The number of benzene rings is 3. The Balaban J connectivity index is 1.19. The summed E-state index contributed by atoms with van der Waals surface area (Å²) < 4.78 is 42.6. The molecule has 1 fully saturated rings. The summed E-state index contributed by atoms with van der Waals surface area (Å²) in [6, 6.07) is 18.1. The van der Waals surface area contributed by atoms with E-state index in [1.807, 2.05) is 56.3 Å². The number of aryl methyl sites for hydroxylation is 2. The molecule has 5 rings (SSSR count). The molecule has 222 valence electrons. The summed E-state index contributed by atoms with van der Waals surface area (Å²) in [6.07, 6.45) is -1.97. The number of anilines is 1. The van der Waals surface area contributed by atoms with Gasteiger partial charge >= 0.3 is 12.4 Å². The molecule has 1 aliphatic rings. The number of alkyl halides is 3. The third-order valence-corrected chi connectivity index (χ3v) is 7.60. The van der Waals surface area contributed by atoms with Gasteiger partial charge in [-0.3, -0.25) is 9.69 Å². The number of ether oxygens (including phenoxy) is 1. The smallest absolute Gasteiger partial charge is 0.406 e. The Kier molecular flexibility index (Phi) is 8.81. The number of hydrogen-bond donors (Lipinski definition) is 1. The average Bonchev–Trinajstić information content (AvgIpc) is 3.60. The molecule has 1 N–H and O–H groups in total. The molecule has 3 amide bonds. The zero-order valence-electron chi connectivity index (χ0n) is 23.3. The number of amidine groups is 1. The first-order valence-electron chi connectivity index (χ1n) is 13.4. The van der Waals surface area contributed by atoms with Crippen LogP contribution in [0, 0.1) is 6.92 Å². The zero-order chi connectivity index (χ0) is 30.6. The second-order valence-corrected chi connectivity index (χ2v) is 10.5. The summed E-state index contributed by atoms with van der Waals surface area (Å²) >= 11 is 1.24. The van der Waals surface area contributed by atoms with E-state index in [1.165, 1.54) is 51.9 Å². The summed E-state index contributed by atoms with van der Waals surface area (Å²) in [6.45, 7) is 4.30. The van der Waals surface area contributed by atoms with Gasteiger partial charge in [-0.1, -0.05) is 49.0 Å². The van der Waals surface area contributed by atoms with Crippen LogP contribution in [0.3, 0.4) is 0 Å². The van der Waals surface area contributed by atoms with Crippen molar-refractivity contribution in [1.82, 2.24) is 20.1 Å². The monoisotopic (exact) mass is 608 g/mol. The Labute approximate surface area is 249 Å². The minimum atomic E-state index is -4.76. The van der Waals surface area contributed by atoms with Crippen molar-refractivity contribution in [3.05, 3.63) is 89.7 Å². The molecule has 1 aliphatic heterocycles. The summed E-state index contributed by atoms with van der Waals surface area (Å²) in [4.78, 5) is 35.2. The number of amides is 3. The quantitative estimate of drug-likeness (QED) is 0.260. The van der Waals surface area contributed by atoms with Crippen molar-refractivity contribution in [2.75, 3.05) is 17.2 Å². The van der Waals surface area contributed by atoms with Crippen LogP contribution in [0.4, 0.5) is 23.7 Å². The van der Waals surface area contributed by atoms with Gasteiger partial charge in [0, 0.05) is 12.1 Å². The molecule has 0 radical (unpaired) electrons. The average molecular weight is 609 g/mol. The second kappa shape index (κ2) is 12.7. The van der Waals surface area contributed by atoms with Crippen molar-refractivity contribution in [3.63, 3.8) is 0 Å². The van der Waals surface area contributed by atoms with Crippen molar-refractivity contribution in [1.29, 1.82) is 0 Å². The van der Waals surface area contributed by atoms with Gasteiger partial charge in [-0.2, -0.15) is 4.99 Å². The fourth-order valence-corrected chi connectivity index (χ4v) is 5.43. The Morgan fingerprint density at radius 2 is 1.86 bits per heavy atom. The topological polar surface area (TPSA) is 102 Å². The molecule has 0 atom stereocenters. The van der Waals surface area contributed by atoms with E-state index in [1.54, 1.807) is 0 Å². The van der Waals surface area contributed by atoms with Crippen LogP contribution < -0.4 is 15.0 Å². The third kappa shape index (κ3) is 7.23. The lowest BCUT2D eigenvalue weighted by molar-refractivity contribution is -0.274. The number of aromatic nitrogens is 3. The fraction of sp³-hybridized carbons (Fsp3) is 0.233. The summed E-state index contributed by atoms with van der Waals surface area (Å²) in [5.74, 6) is 0.248. The van der Waals surface area contributed by atoms with Gasteiger partial charge in [0.05, 0.1) is 17.1 Å². The van der Waals surface area contributed by atoms with E-state index in [4.69, 9.17) is 0 Å². The van der Waals surface area contributed by atoms with Crippen LogP contribution in [0.1, 0.15) is 23.6 Å². The van der Waals surface area contributed by atoms with Crippen molar-refractivity contribution >= 4 is 34.6 Å². The van der Waals surface area contributed by atoms with Crippen molar-refractivity contribution in [3.8, 4) is 22.8 Å². The SMILES string of the molecule is CCc1ccccc1N1C(=O)CS/C1=N\C(=O)NCCc1ccc(-c2ncn(-c3ccc(OC(F)(F)F)cc3)n2)cc1C. The highest BCUT2D eigenvalue weighted by molar-refractivity contribution is 8.15. The number of nitrogens with one attached hydrogen (secondary N) is 1. The zero-order valence-corrected chi connectivity index (χ0v) is 24.1. The lowest BCUT2D eigenvalue weighted by atomic mass is 10.0. The van der Waals surface area contributed by atoms with Gasteiger partial charge in [0.25, 0.3) is 0 Å². The van der Waals surface area contributed by atoms with Crippen LogP contribution in [-0.4, -0.2) is 50.5 Å². The Bertz CT molecular complexity index is 1670. The normalized spacial score (nSPS) is 14.4. The number of para-hydroxylation sites is 1. The Morgan fingerprint density at radius 1 is 1.09 bits per heavy atom. The van der Waals surface area contributed by atoms with Gasteiger partial charge < -0.3 is 10.1 Å². The number of halogens is 3. The lowest BCUT2D eigenvalue weighted by Gasteiger charge is -2.19. The molecule has 0 aliphatic carbocycles. The number of nitrogens with zero attached hydrogens (tertiary/aromatic N) is 5. The van der Waals surface area contributed by atoms with Crippen molar-refractivity contribution in [2.24, 2.45) is 4.99 Å². The van der Waals surface area contributed by atoms with Gasteiger partial charge in [-0.15, -0.1) is 18.3 Å². The Hall–Kier alpha value is -4.65. The maximum atomic E-state index is 12.6. The first-order valence-corrected chi connectivity index (χ1v) is 14.4. The molecule has 1 saturated heterocycles. The van der Waals surface area contributed by atoms with Crippen LogP contribution >= 0.6 is 11.8 Å². The summed E-state index contributed by atoms with van der Waals surface area (Å²) in [5.41, 5.74) is 5.03. The van der Waals surface area contributed by atoms with Crippen molar-refractivity contribution in [2.45, 2.75) is 33.1 Å². The van der Waals surface area contributed by atoms with Crippen LogP contribution in [0.5, 0.6) is 5.75 Å². The predicted octanol–water partition coefficient (Wildman–Crippen LogP) is 6.09. The van der Waals surface area contributed by atoms with Crippen LogP contribution in [0.15, 0.2) is 78.0 Å². The maximum absolute atomic E-state index is 12.6.